The molecule has 0 saturated heterocycles. The Kier molecular flexibility index (Phi) is 4.88. The lowest BCUT2D eigenvalue weighted by Crippen LogP contribution is -2.40. The molecule has 1 atom stereocenters. The van der Waals surface area contributed by atoms with Crippen LogP contribution in [0.5, 0.6) is 5.75 Å². The molecule has 0 saturated carbocycles. The molecule has 1 amide bonds. The number of fused-ring (bicyclic) bond motifs is 1. The largest absolute Gasteiger partial charge is 0.486 e. The van der Waals surface area contributed by atoms with E-state index in [2.05, 4.69) is 44.4 Å². The Hall–Kier alpha value is -1.55. The first-order valence-electron chi connectivity index (χ1n) is 7.68. The van der Waals surface area contributed by atoms with Crippen molar-refractivity contribution in [3.63, 3.8) is 0 Å². The maximum Gasteiger partial charge on any atom is 0.221 e. The minimum Gasteiger partial charge on any atom is -0.486 e. The van der Waals surface area contributed by atoms with Crippen molar-refractivity contribution < 1.29 is 9.53 Å². The summed E-state index contributed by atoms with van der Waals surface area (Å²) in [5.74, 6) is 1.52. The van der Waals surface area contributed by atoms with Gasteiger partial charge in [-0.1, -0.05) is 32.0 Å². The number of carbonyl (C=O) groups excluding carboxylic acids is 1. The minimum absolute atomic E-state index is 0.0983. The van der Waals surface area contributed by atoms with E-state index in [9.17, 15) is 4.79 Å². The van der Waals surface area contributed by atoms with E-state index >= 15 is 0 Å². The fourth-order valence-corrected chi connectivity index (χ4v) is 2.62. The number of hydrogen-bond acceptors (Lipinski definition) is 3. The summed E-state index contributed by atoms with van der Waals surface area (Å²) in [4.78, 5) is 11.7. The Labute approximate surface area is 127 Å². The quantitative estimate of drug-likeness (QED) is 0.847. The molecule has 0 spiro atoms. The number of nitrogens with one attached hydrogen (secondary N) is 2. The first-order valence-corrected chi connectivity index (χ1v) is 7.68. The van der Waals surface area contributed by atoms with E-state index in [0.717, 1.165) is 12.3 Å². The Morgan fingerprint density at radius 2 is 2.05 bits per heavy atom. The summed E-state index contributed by atoms with van der Waals surface area (Å²) in [6.45, 7) is 9.71. The van der Waals surface area contributed by atoms with E-state index in [0.29, 0.717) is 18.9 Å². The van der Waals surface area contributed by atoms with Gasteiger partial charge in [0.2, 0.25) is 5.91 Å². The number of rotatable bonds is 6. The predicted octanol–water partition coefficient (Wildman–Crippen LogP) is 2.65. The minimum atomic E-state index is -0.294. The SMILES string of the molecule is CC(C)CNC(=O)CCNC1c2ccccc2OC1(C)C. The van der Waals surface area contributed by atoms with Crippen molar-refractivity contribution in [1.82, 2.24) is 10.6 Å². The average molecular weight is 290 g/mol. The Balaban J connectivity index is 1.87. The molecular weight excluding hydrogens is 264 g/mol. The van der Waals surface area contributed by atoms with Crippen molar-refractivity contribution >= 4 is 5.91 Å². The van der Waals surface area contributed by atoms with Crippen LogP contribution in [-0.4, -0.2) is 24.6 Å². The molecular formula is C17H26N2O2. The molecule has 1 aromatic carbocycles. The first-order chi connectivity index (χ1) is 9.90. The summed E-state index contributed by atoms with van der Waals surface area (Å²) in [5.41, 5.74) is 0.878. The van der Waals surface area contributed by atoms with Crippen molar-refractivity contribution in [2.24, 2.45) is 5.92 Å². The zero-order chi connectivity index (χ0) is 15.5. The zero-order valence-electron chi connectivity index (χ0n) is 13.4. The molecule has 1 aromatic rings. The van der Waals surface area contributed by atoms with E-state index in [-0.39, 0.29) is 17.6 Å². The van der Waals surface area contributed by atoms with Crippen LogP contribution in [0.3, 0.4) is 0 Å². The van der Waals surface area contributed by atoms with Gasteiger partial charge < -0.3 is 15.4 Å². The molecule has 0 aromatic heterocycles. The van der Waals surface area contributed by atoms with Gasteiger partial charge in [-0.15, -0.1) is 0 Å². The van der Waals surface area contributed by atoms with Crippen LogP contribution in [0.25, 0.3) is 0 Å². The standard InChI is InChI=1S/C17H26N2O2/c1-12(2)11-19-15(20)9-10-18-16-13-7-5-6-8-14(13)21-17(16,3)4/h5-8,12,16,18H,9-11H2,1-4H3,(H,19,20). The normalized spacial score (nSPS) is 19.2. The lowest BCUT2D eigenvalue weighted by Gasteiger charge is -2.27. The summed E-state index contributed by atoms with van der Waals surface area (Å²) in [7, 11) is 0. The number of ether oxygens (including phenoxy) is 1. The number of hydrogen-bond donors (Lipinski definition) is 2. The molecule has 0 fully saturated rings. The molecule has 1 heterocycles. The van der Waals surface area contributed by atoms with Crippen molar-refractivity contribution in [3.8, 4) is 5.75 Å². The smallest absolute Gasteiger partial charge is 0.221 e. The van der Waals surface area contributed by atoms with Gasteiger partial charge in [-0.25, -0.2) is 0 Å². The van der Waals surface area contributed by atoms with Crippen LogP contribution in [0.4, 0.5) is 0 Å². The van der Waals surface area contributed by atoms with Crippen molar-refractivity contribution in [3.05, 3.63) is 29.8 Å². The number of para-hydroxylation sites is 1. The third kappa shape index (κ3) is 3.97. The molecule has 0 bridgehead atoms. The van der Waals surface area contributed by atoms with Gasteiger partial charge in [0.05, 0.1) is 6.04 Å². The molecule has 2 N–H and O–H groups in total. The van der Waals surface area contributed by atoms with Crippen LogP contribution in [0.15, 0.2) is 24.3 Å². The Morgan fingerprint density at radius 1 is 1.33 bits per heavy atom. The number of carbonyl (C=O) groups is 1. The van der Waals surface area contributed by atoms with Crippen molar-refractivity contribution in [2.45, 2.75) is 45.8 Å². The molecule has 1 unspecified atom stereocenters. The van der Waals surface area contributed by atoms with E-state index in [1.165, 1.54) is 5.56 Å². The first kappa shape index (κ1) is 15.8. The second-order valence-electron chi connectivity index (χ2n) is 6.58. The van der Waals surface area contributed by atoms with Crippen LogP contribution >= 0.6 is 0 Å². The Bertz CT molecular complexity index is 497. The molecule has 0 radical (unpaired) electrons. The van der Waals surface area contributed by atoms with Crippen LogP contribution in [0, 0.1) is 5.92 Å². The van der Waals surface area contributed by atoms with E-state index in [1.54, 1.807) is 0 Å². The summed E-state index contributed by atoms with van der Waals surface area (Å²) in [6.07, 6.45) is 0.488. The van der Waals surface area contributed by atoms with E-state index in [4.69, 9.17) is 4.74 Å². The third-order valence-electron chi connectivity index (χ3n) is 3.71. The van der Waals surface area contributed by atoms with Crippen molar-refractivity contribution in [1.29, 1.82) is 0 Å². The lowest BCUT2D eigenvalue weighted by atomic mass is 9.94. The molecule has 4 heteroatoms. The van der Waals surface area contributed by atoms with Gasteiger partial charge in [0.25, 0.3) is 0 Å². The highest BCUT2D eigenvalue weighted by molar-refractivity contribution is 5.76. The van der Waals surface area contributed by atoms with Crippen LogP contribution < -0.4 is 15.4 Å². The van der Waals surface area contributed by atoms with Gasteiger partial charge in [-0.05, 0) is 25.8 Å². The van der Waals surface area contributed by atoms with Crippen molar-refractivity contribution in [2.75, 3.05) is 13.1 Å². The van der Waals surface area contributed by atoms with Crippen LogP contribution in [-0.2, 0) is 4.79 Å². The fraction of sp³-hybridized carbons (Fsp3) is 0.588. The molecule has 0 aliphatic carbocycles. The second kappa shape index (κ2) is 6.48. The van der Waals surface area contributed by atoms with E-state index in [1.807, 2.05) is 18.2 Å². The summed E-state index contributed by atoms with van der Waals surface area (Å²) in [5, 5.41) is 6.40. The number of benzene rings is 1. The molecule has 4 nitrogen and oxygen atoms in total. The monoisotopic (exact) mass is 290 g/mol. The van der Waals surface area contributed by atoms with Gasteiger partial charge in [0.1, 0.15) is 11.4 Å². The van der Waals surface area contributed by atoms with Gasteiger partial charge in [-0.2, -0.15) is 0 Å². The van der Waals surface area contributed by atoms with E-state index < -0.39 is 0 Å². The summed E-state index contributed by atoms with van der Waals surface area (Å²) < 4.78 is 5.98. The summed E-state index contributed by atoms with van der Waals surface area (Å²) in [6, 6.07) is 8.20. The maximum absolute atomic E-state index is 11.7. The second-order valence-corrected chi connectivity index (χ2v) is 6.58. The third-order valence-corrected chi connectivity index (χ3v) is 3.71. The Morgan fingerprint density at radius 3 is 2.76 bits per heavy atom. The predicted molar refractivity (Wildman–Crippen MR) is 84.4 cm³/mol. The van der Waals surface area contributed by atoms with Gasteiger partial charge in [0, 0.05) is 25.1 Å². The average Bonchev–Trinajstić information content (AvgIpc) is 2.67. The highest BCUT2D eigenvalue weighted by Crippen LogP contribution is 2.42. The summed E-state index contributed by atoms with van der Waals surface area (Å²) >= 11 is 0. The highest BCUT2D eigenvalue weighted by atomic mass is 16.5. The molecule has 21 heavy (non-hydrogen) atoms. The molecule has 1 aliphatic heterocycles. The van der Waals surface area contributed by atoms with Crippen LogP contribution in [0.1, 0.15) is 45.7 Å². The topological polar surface area (TPSA) is 50.4 Å². The van der Waals surface area contributed by atoms with Gasteiger partial charge >= 0.3 is 0 Å². The highest BCUT2D eigenvalue weighted by Gasteiger charge is 2.40. The molecule has 2 rings (SSSR count). The fourth-order valence-electron chi connectivity index (χ4n) is 2.62. The zero-order valence-corrected chi connectivity index (χ0v) is 13.4. The number of amides is 1. The molecule has 1 aliphatic rings. The maximum atomic E-state index is 11.7. The van der Waals surface area contributed by atoms with Crippen LogP contribution in [0.2, 0.25) is 0 Å². The molecule has 116 valence electrons. The van der Waals surface area contributed by atoms with Gasteiger partial charge in [0.15, 0.2) is 0 Å². The van der Waals surface area contributed by atoms with Gasteiger partial charge in [-0.3, -0.25) is 4.79 Å². The lowest BCUT2D eigenvalue weighted by molar-refractivity contribution is -0.121.